The van der Waals surface area contributed by atoms with Crippen LogP contribution in [0.15, 0.2) is 67.0 Å². The fourth-order valence-corrected chi connectivity index (χ4v) is 2.93. The first-order valence-electron chi connectivity index (χ1n) is 10.3. The molecular formula is C25H28N2O4. The third kappa shape index (κ3) is 6.47. The SMILES string of the molecule is CCOc1cc(C(=O)N(C)CCOc2ccc(C)cc2)ccc1OCc1ccncc1. The highest BCUT2D eigenvalue weighted by Gasteiger charge is 2.15. The first-order chi connectivity index (χ1) is 15.1. The maximum absolute atomic E-state index is 12.8. The van der Waals surface area contributed by atoms with E-state index in [4.69, 9.17) is 14.2 Å². The second-order valence-electron chi connectivity index (χ2n) is 7.13. The first-order valence-corrected chi connectivity index (χ1v) is 10.3. The van der Waals surface area contributed by atoms with E-state index in [9.17, 15) is 4.79 Å². The summed E-state index contributed by atoms with van der Waals surface area (Å²) in [6, 6.07) is 16.9. The van der Waals surface area contributed by atoms with Gasteiger partial charge in [-0.25, -0.2) is 0 Å². The summed E-state index contributed by atoms with van der Waals surface area (Å²) in [6.45, 7) is 5.68. The van der Waals surface area contributed by atoms with E-state index in [2.05, 4.69) is 4.98 Å². The molecule has 3 aromatic rings. The van der Waals surface area contributed by atoms with Gasteiger partial charge < -0.3 is 19.1 Å². The number of rotatable bonds is 10. The third-order valence-corrected chi connectivity index (χ3v) is 4.70. The summed E-state index contributed by atoms with van der Waals surface area (Å²) >= 11 is 0. The van der Waals surface area contributed by atoms with Crippen molar-refractivity contribution in [3.63, 3.8) is 0 Å². The number of hydrogen-bond donors (Lipinski definition) is 0. The molecule has 3 rings (SSSR count). The van der Waals surface area contributed by atoms with Crippen LogP contribution in [0, 0.1) is 6.92 Å². The lowest BCUT2D eigenvalue weighted by Gasteiger charge is -2.19. The van der Waals surface area contributed by atoms with Crippen LogP contribution in [0.1, 0.15) is 28.4 Å². The summed E-state index contributed by atoms with van der Waals surface area (Å²) in [7, 11) is 1.76. The molecule has 6 nitrogen and oxygen atoms in total. The van der Waals surface area contributed by atoms with Gasteiger partial charge >= 0.3 is 0 Å². The van der Waals surface area contributed by atoms with Gasteiger partial charge in [-0.2, -0.15) is 0 Å². The number of benzene rings is 2. The largest absolute Gasteiger partial charge is 0.492 e. The lowest BCUT2D eigenvalue weighted by Crippen LogP contribution is -2.30. The number of carbonyl (C=O) groups is 1. The van der Waals surface area contributed by atoms with Crippen LogP contribution in [0.25, 0.3) is 0 Å². The summed E-state index contributed by atoms with van der Waals surface area (Å²) in [5, 5.41) is 0. The average molecular weight is 421 g/mol. The van der Waals surface area contributed by atoms with Gasteiger partial charge in [0.25, 0.3) is 5.91 Å². The van der Waals surface area contributed by atoms with E-state index in [1.54, 1.807) is 42.5 Å². The molecule has 0 fully saturated rings. The number of carbonyl (C=O) groups excluding carboxylic acids is 1. The zero-order chi connectivity index (χ0) is 22.1. The van der Waals surface area contributed by atoms with Crippen LogP contribution in [0.3, 0.4) is 0 Å². The topological polar surface area (TPSA) is 60.9 Å². The number of ether oxygens (including phenoxy) is 3. The first kappa shape index (κ1) is 22.2. The van der Waals surface area contributed by atoms with E-state index in [0.29, 0.717) is 43.4 Å². The Hall–Kier alpha value is -3.54. The van der Waals surface area contributed by atoms with Crippen molar-refractivity contribution in [2.24, 2.45) is 0 Å². The highest BCUT2D eigenvalue weighted by molar-refractivity contribution is 5.94. The average Bonchev–Trinajstić information content (AvgIpc) is 2.80. The molecule has 0 saturated heterocycles. The minimum Gasteiger partial charge on any atom is -0.492 e. The van der Waals surface area contributed by atoms with Crippen molar-refractivity contribution >= 4 is 5.91 Å². The van der Waals surface area contributed by atoms with Crippen molar-refractivity contribution < 1.29 is 19.0 Å². The van der Waals surface area contributed by atoms with Crippen LogP contribution in [-0.4, -0.2) is 42.6 Å². The van der Waals surface area contributed by atoms with Gasteiger partial charge in [0.05, 0.1) is 13.2 Å². The van der Waals surface area contributed by atoms with Gasteiger partial charge in [0.1, 0.15) is 19.0 Å². The summed E-state index contributed by atoms with van der Waals surface area (Å²) in [6.07, 6.45) is 3.45. The fraction of sp³-hybridized carbons (Fsp3) is 0.280. The number of aryl methyl sites for hydroxylation is 1. The molecule has 0 aliphatic carbocycles. The van der Waals surface area contributed by atoms with E-state index < -0.39 is 0 Å². The van der Waals surface area contributed by atoms with E-state index in [-0.39, 0.29) is 5.91 Å². The van der Waals surface area contributed by atoms with Gasteiger partial charge in [-0.05, 0) is 61.9 Å². The summed E-state index contributed by atoms with van der Waals surface area (Å²) in [5.74, 6) is 1.84. The van der Waals surface area contributed by atoms with E-state index in [1.165, 1.54) is 5.56 Å². The number of amides is 1. The molecule has 0 radical (unpaired) electrons. The van der Waals surface area contributed by atoms with Crippen molar-refractivity contribution in [1.82, 2.24) is 9.88 Å². The van der Waals surface area contributed by atoms with Crippen molar-refractivity contribution in [1.29, 1.82) is 0 Å². The van der Waals surface area contributed by atoms with Crippen molar-refractivity contribution in [3.8, 4) is 17.2 Å². The standard InChI is InChI=1S/C25H28N2O4/c1-4-29-24-17-21(7-10-23(24)31-18-20-11-13-26-14-12-20)25(28)27(3)15-16-30-22-8-5-19(2)6-9-22/h5-14,17H,4,15-16,18H2,1-3H3. The molecule has 1 amide bonds. The Bertz CT molecular complexity index is 975. The molecule has 6 heteroatoms. The van der Waals surface area contributed by atoms with Crippen molar-refractivity contribution in [3.05, 3.63) is 83.7 Å². The second kappa shape index (κ2) is 11.0. The Kier molecular flexibility index (Phi) is 7.87. The second-order valence-corrected chi connectivity index (χ2v) is 7.13. The number of nitrogens with zero attached hydrogens (tertiary/aromatic N) is 2. The minimum absolute atomic E-state index is 0.103. The molecule has 0 aliphatic rings. The molecule has 0 atom stereocenters. The minimum atomic E-state index is -0.103. The quantitative estimate of drug-likeness (QED) is 0.483. The Morgan fingerprint density at radius 2 is 1.68 bits per heavy atom. The Morgan fingerprint density at radius 1 is 0.935 bits per heavy atom. The monoisotopic (exact) mass is 420 g/mol. The fourth-order valence-electron chi connectivity index (χ4n) is 2.93. The lowest BCUT2D eigenvalue weighted by molar-refractivity contribution is 0.0773. The Labute approximate surface area is 183 Å². The van der Waals surface area contributed by atoms with E-state index in [0.717, 1.165) is 11.3 Å². The normalized spacial score (nSPS) is 10.4. The van der Waals surface area contributed by atoms with Gasteiger partial charge in [0.2, 0.25) is 0 Å². The van der Waals surface area contributed by atoms with Gasteiger partial charge in [-0.3, -0.25) is 9.78 Å². The maximum atomic E-state index is 12.8. The van der Waals surface area contributed by atoms with Crippen LogP contribution in [0.4, 0.5) is 0 Å². The van der Waals surface area contributed by atoms with Gasteiger partial charge in [-0.15, -0.1) is 0 Å². The van der Waals surface area contributed by atoms with Gasteiger partial charge in [0, 0.05) is 25.0 Å². The van der Waals surface area contributed by atoms with E-state index >= 15 is 0 Å². The number of pyridine rings is 1. The van der Waals surface area contributed by atoms with Crippen LogP contribution >= 0.6 is 0 Å². The van der Waals surface area contributed by atoms with Crippen molar-refractivity contribution in [2.75, 3.05) is 26.8 Å². The van der Waals surface area contributed by atoms with Gasteiger partial charge in [0.15, 0.2) is 11.5 Å². The molecule has 0 bridgehead atoms. The van der Waals surface area contributed by atoms with Crippen LogP contribution < -0.4 is 14.2 Å². The van der Waals surface area contributed by atoms with Crippen LogP contribution in [0.2, 0.25) is 0 Å². The number of hydrogen-bond acceptors (Lipinski definition) is 5. The predicted octanol–water partition coefficient (Wildman–Crippen LogP) is 4.52. The Morgan fingerprint density at radius 3 is 2.39 bits per heavy atom. The molecule has 2 aromatic carbocycles. The molecule has 0 saturated carbocycles. The lowest BCUT2D eigenvalue weighted by atomic mass is 10.1. The predicted molar refractivity (Wildman–Crippen MR) is 120 cm³/mol. The molecule has 1 aromatic heterocycles. The zero-order valence-electron chi connectivity index (χ0n) is 18.2. The summed E-state index contributed by atoms with van der Waals surface area (Å²) < 4.78 is 17.3. The molecule has 0 unspecified atom stereocenters. The highest BCUT2D eigenvalue weighted by atomic mass is 16.5. The molecule has 1 heterocycles. The van der Waals surface area contributed by atoms with Crippen LogP contribution in [0.5, 0.6) is 17.2 Å². The molecule has 31 heavy (non-hydrogen) atoms. The van der Waals surface area contributed by atoms with Crippen LogP contribution in [-0.2, 0) is 6.61 Å². The molecular weight excluding hydrogens is 392 g/mol. The summed E-state index contributed by atoms with van der Waals surface area (Å²) in [4.78, 5) is 18.5. The molecule has 0 aliphatic heterocycles. The Balaban J connectivity index is 1.60. The molecule has 162 valence electrons. The molecule has 0 spiro atoms. The summed E-state index contributed by atoms with van der Waals surface area (Å²) in [5.41, 5.74) is 2.72. The number of aromatic nitrogens is 1. The maximum Gasteiger partial charge on any atom is 0.253 e. The van der Waals surface area contributed by atoms with Gasteiger partial charge in [-0.1, -0.05) is 17.7 Å². The van der Waals surface area contributed by atoms with E-state index in [1.807, 2.05) is 50.2 Å². The van der Waals surface area contributed by atoms with Crippen molar-refractivity contribution in [2.45, 2.75) is 20.5 Å². The number of likely N-dealkylation sites (N-methyl/N-ethyl adjacent to an activating group) is 1. The zero-order valence-corrected chi connectivity index (χ0v) is 18.2. The third-order valence-electron chi connectivity index (χ3n) is 4.70. The smallest absolute Gasteiger partial charge is 0.253 e. The molecule has 0 N–H and O–H groups in total. The highest BCUT2D eigenvalue weighted by Crippen LogP contribution is 2.29.